The number of carbonyl (C=O) groups excluding carboxylic acids is 1. The van der Waals surface area contributed by atoms with Gasteiger partial charge in [-0.1, -0.05) is 6.42 Å². The van der Waals surface area contributed by atoms with E-state index >= 15 is 0 Å². The van der Waals surface area contributed by atoms with E-state index in [2.05, 4.69) is 9.88 Å². The molecule has 0 spiro atoms. The van der Waals surface area contributed by atoms with Gasteiger partial charge < -0.3 is 10.6 Å². The van der Waals surface area contributed by atoms with Crippen molar-refractivity contribution in [2.24, 2.45) is 0 Å². The first-order valence-electron chi connectivity index (χ1n) is 6.48. The lowest BCUT2D eigenvalue weighted by molar-refractivity contribution is 0.0369. The number of nitrogen functional groups attached to an aromatic ring is 1. The molecule has 5 nitrogen and oxygen atoms in total. The van der Waals surface area contributed by atoms with Crippen LogP contribution in [0.25, 0.3) is 0 Å². The maximum absolute atomic E-state index is 12.3. The van der Waals surface area contributed by atoms with E-state index in [0.29, 0.717) is 16.9 Å². The summed E-state index contributed by atoms with van der Waals surface area (Å²) in [5.41, 5.74) is 6.08. The average molecular weight is 266 g/mol. The molecule has 2 aliphatic heterocycles. The Labute approximate surface area is 111 Å². The Hall–Kier alpha value is -1.14. The van der Waals surface area contributed by atoms with Crippen LogP contribution >= 0.6 is 11.3 Å². The molecule has 2 N–H and O–H groups in total. The normalized spacial score (nSPS) is 24.9. The van der Waals surface area contributed by atoms with Gasteiger partial charge in [-0.15, -0.1) is 11.3 Å². The van der Waals surface area contributed by atoms with Crippen LogP contribution in [0.2, 0.25) is 0 Å². The summed E-state index contributed by atoms with van der Waals surface area (Å²) in [6, 6.07) is 0.549. The van der Waals surface area contributed by atoms with Crippen molar-refractivity contribution in [2.45, 2.75) is 25.3 Å². The molecule has 3 heterocycles. The van der Waals surface area contributed by atoms with Gasteiger partial charge in [0.05, 0.1) is 0 Å². The second-order valence-electron chi connectivity index (χ2n) is 5.01. The maximum Gasteiger partial charge on any atom is 0.273 e. The van der Waals surface area contributed by atoms with E-state index in [1.54, 1.807) is 5.38 Å². The largest absolute Gasteiger partial charge is 0.375 e. The zero-order chi connectivity index (χ0) is 12.5. The van der Waals surface area contributed by atoms with E-state index in [1.165, 1.54) is 37.1 Å². The van der Waals surface area contributed by atoms with Crippen LogP contribution in [0.4, 0.5) is 5.13 Å². The highest BCUT2D eigenvalue weighted by Crippen LogP contribution is 2.22. The molecule has 2 fully saturated rings. The second kappa shape index (κ2) is 4.85. The Bertz CT molecular complexity index is 447. The fraction of sp³-hybridized carbons (Fsp3) is 0.667. The molecular formula is C12H18N4OS. The summed E-state index contributed by atoms with van der Waals surface area (Å²) in [6.07, 6.45) is 3.79. The minimum atomic E-state index is 0.0353. The molecule has 6 heteroatoms. The lowest BCUT2D eigenvalue weighted by Crippen LogP contribution is -2.56. The highest BCUT2D eigenvalue weighted by Gasteiger charge is 2.31. The third-order valence-electron chi connectivity index (χ3n) is 3.87. The van der Waals surface area contributed by atoms with Crippen LogP contribution in [-0.2, 0) is 0 Å². The number of rotatable bonds is 1. The Morgan fingerprint density at radius 1 is 1.39 bits per heavy atom. The Morgan fingerprint density at radius 2 is 2.28 bits per heavy atom. The SMILES string of the molecule is Nc1nc(C(=O)N2CCN3CCCCC3C2)cs1. The zero-order valence-corrected chi connectivity index (χ0v) is 11.2. The molecule has 18 heavy (non-hydrogen) atoms. The molecule has 0 radical (unpaired) electrons. The van der Waals surface area contributed by atoms with Gasteiger partial charge >= 0.3 is 0 Å². The van der Waals surface area contributed by atoms with Crippen molar-refractivity contribution in [1.82, 2.24) is 14.8 Å². The van der Waals surface area contributed by atoms with Gasteiger partial charge in [-0.05, 0) is 19.4 Å². The van der Waals surface area contributed by atoms with Crippen LogP contribution in [-0.4, -0.2) is 52.9 Å². The number of nitrogens with zero attached hydrogens (tertiary/aromatic N) is 3. The van der Waals surface area contributed by atoms with Gasteiger partial charge in [-0.25, -0.2) is 4.98 Å². The van der Waals surface area contributed by atoms with Crippen molar-refractivity contribution < 1.29 is 4.79 Å². The van der Waals surface area contributed by atoms with E-state index in [1.807, 2.05) is 4.90 Å². The molecule has 0 bridgehead atoms. The van der Waals surface area contributed by atoms with Gasteiger partial charge in [0.2, 0.25) is 0 Å². The number of amides is 1. The highest BCUT2D eigenvalue weighted by molar-refractivity contribution is 7.13. The summed E-state index contributed by atoms with van der Waals surface area (Å²) in [7, 11) is 0. The van der Waals surface area contributed by atoms with Crippen LogP contribution in [0.1, 0.15) is 29.8 Å². The molecule has 1 atom stereocenters. The minimum Gasteiger partial charge on any atom is -0.375 e. The molecule has 1 unspecified atom stereocenters. The number of aromatic nitrogens is 1. The van der Waals surface area contributed by atoms with Crippen molar-refractivity contribution in [3.63, 3.8) is 0 Å². The quantitative estimate of drug-likeness (QED) is 0.825. The van der Waals surface area contributed by atoms with Gasteiger partial charge in [0, 0.05) is 31.1 Å². The summed E-state index contributed by atoms with van der Waals surface area (Å²) >= 11 is 1.33. The lowest BCUT2D eigenvalue weighted by Gasteiger charge is -2.43. The van der Waals surface area contributed by atoms with E-state index in [0.717, 1.165) is 19.6 Å². The summed E-state index contributed by atoms with van der Waals surface area (Å²) < 4.78 is 0. The van der Waals surface area contributed by atoms with Crippen LogP contribution in [0.3, 0.4) is 0 Å². The predicted octanol–water partition coefficient (Wildman–Crippen LogP) is 1.04. The smallest absolute Gasteiger partial charge is 0.273 e. The summed E-state index contributed by atoms with van der Waals surface area (Å²) in [6.45, 7) is 3.84. The molecule has 1 aromatic heterocycles. The van der Waals surface area contributed by atoms with Crippen LogP contribution in [0, 0.1) is 0 Å². The third kappa shape index (κ3) is 2.22. The van der Waals surface area contributed by atoms with E-state index in [4.69, 9.17) is 5.73 Å². The zero-order valence-electron chi connectivity index (χ0n) is 10.3. The topological polar surface area (TPSA) is 62.5 Å². The second-order valence-corrected chi connectivity index (χ2v) is 5.90. The van der Waals surface area contributed by atoms with E-state index < -0.39 is 0 Å². The van der Waals surface area contributed by atoms with Crippen molar-refractivity contribution in [1.29, 1.82) is 0 Å². The molecule has 0 saturated carbocycles. The number of fused-ring (bicyclic) bond motifs is 1. The molecular weight excluding hydrogens is 248 g/mol. The standard InChI is InChI=1S/C12H18N4OS/c13-12-14-10(8-18-12)11(17)16-6-5-15-4-2-1-3-9(15)7-16/h8-9H,1-7H2,(H2,13,14). The summed E-state index contributed by atoms with van der Waals surface area (Å²) in [5.74, 6) is 0.0353. The van der Waals surface area contributed by atoms with Crippen molar-refractivity contribution in [3.8, 4) is 0 Å². The maximum atomic E-state index is 12.3. The Balaban J connectivity index is 1.68. The summed E-state index contributed by atoms with van der Waals surface area (Å²) in [5, 5.41) is 2.22. The number of hydrogen-bond donors (Lipinski definition) is 1. The van der Waals surface area contributed by atoms with Gasteiger partial charge in [0.15, 0.2) is 5.13 Å². The van der Waals surface area contributed by atoms with Gasteiger partial charge in [-0.2, -0.15) is 0 Å². The van der Waals surface area contributed by atoms with Crippen LogP contribution in [0.5, 0.6) is 0 Å². The summed E-state index contributed by atoms with van der Waals surface area (Å²) in [4.78, 5) is 20.8. The fourth-order valence-electron chi connectivity index (χ4n) is 2.89. The molecule has 2 saturated heterocycles. The van der Waals surface area contributed by atoms with Crippen molar-refractivity contribution in [3.05, 3.63) is 11.1 Å². The molecule has 0 aliphatic carbocycles. The number of anilines is 1. The first-order chi connectivity index (χ1) is 8.74. The van der Waals surface area contributed by atoms with Gasteiger partial charge in [0.25, 0.3) is 5.91 Å². The highest BCUT2D eigenvalue weighted by atomic mass is 32.1. The number of piperazine rings is 1. The Morgan fingerprint density at radius 3 is 3.06 bits per heavy atom. The predicted molar refractivity (Wildman–Crippen MR) is 71.6 cm³/mol. The van der Waals surface area contributed by atoms with E-state index in [-0.39, 0.29) is 5.91 Å². The molecule has 98 valence electrons. The molecule has 1 aromatic rings. The van der Waals surface area contributed by atoms with Crippen LogP contribution in [0.15, 0.2) is 5.38 Å². The number of nitrogens with two attached hydrogens (primary N) is 1. The van der Waals surface area contributed by atoms with Gasteiger partial charge in [0.1, 0.15) is 5.69 Å². The number of piperidine rings is 1. The first-order valence-corrected chi connectivity index (χ1v) is 7.36. The number of thiazole rings is 1. The van der Waals surface area contributed by atoms with Crippen LogP contribution < -0.4 is 5.73 Å². The first kappa shape index (κ1) is 11.9. The molecule has 3 rings (SSSR count). The lowest BCUT2D eigenvalue weighted by atomic mass is 9.99. The average Bonchev–Trinajstić information content (AvgIpc) is 2.84. The monoisotopic (exact) mass is 266 g/mol. The number of carbonyl (C=O) groups is 1. The number of hydrogen-bond acceptors (Lipinski definition) is 5. The van der Waals surface area contributed by atoms with Gasteiger partial charge in [-0.3, -0.25) is 9.69 Å². The van der Waals surface area contributed by atoms with Crippen molar-refractivity contribution in [2.75, 3.05) is 31.9 Å². The fourth-order valence-corrected chi connectivity index (χ4v) is 3.43. The van der Waals surface area contributed by atoms with E-state index in [9.17, 15) is 4.79 Å². The minimum absolute atomic E-state index is 0.0353. The molecule has 0 aromatic carbocycles. The Kier molecular flexibility index (Phi) is 3.22. The molecule has 2 aliphatic rings. The molecule has 1 amide bonds. The third-order valence-corrected chi connectivity index (χ3v) is 4.54. The van der Waals surface area contributed by atoms with Crippen molar-refractivity contribution >= 4 is 22.4 Å².